The fourth-order valence-electron chi connectivity index (χ4n) is 3.76. The van der Waals surface area contributed by atoms with Crippen LogP contribution in [0.5, 0.6) is 0 Å². The first kappa shape index (κ1) is 20.1. The highest BCUT2D eigenvalue weighted by molar-refractivity contribution is 5.97. The molecular weight excluding hydrogens is 356 g/mol. The van der Waals surface area contributed by atoms with Crippen molar-refractivity contribution in [1.29, 1.82) is 0 Å². The fraction of sp³-hybridized carbons (Fsp3) is 0.476. The molecule has 1 aliphatic rings. The minimum Gasteiger partial charge on any atom is -0.377 e. The molecule has 1 fully saturated rings. The second-order valence-electron chi connectivity index (χ2n) is 8.30. The van der Waals surface area contributed by atoms with Crippen molar-refractivity contribution >= 4 is 11.8 Å². The van der Waals surface area contributed by atoms with Crippen LogP contribution in [0.1, 0.15) is 54.6 Å². The zero-order chi connectivity index (χ0) is 20.3. The van der Waals surface area contributed by atoms with Gasteiger partial charge in [-0.2, -0.15) is 5.10 Å². The average molecular weight is 384 g/mol. The number of hydrogen-bond donors (Lipinski definition) is 2. The first-order chi connectivity index (χ1) is 13.3. The summed E-state index contributed by atoms with van der Waals surface area (Å²) in [7, 11) is 0. The van der Waals surface area contributed by atoms with E-state index < -0.39 is 5.91 Å². The van der Waals surface area contributed by atoms with Crippen molar-refractivity contribution in [2.24, 2.45) is 17.1 Å². The van der Waals surface area contributed by atoms with Crippen LogP contribution in [0, 0.1) is 11.3 Å². The first-order valence-electron chi connectivity index (χ1n) is 9.62. The summed E-state index contributed by atoms with van der Waals surface area (Å²) in [5.74, 6) is -0.719. The largest absolute Gasteiger partial charge is 0.377 e. The van der Waals surface area contributed by atoms with Crippen molar-refractivity contribution in [2.45, 2.75) is 39.7 Å². The summed E-state index contributed by atoms with van der Waals surface area (Å²) in [5.41, 5.74) is 6.49. The van der Waals surface area contributed by atoms with E-state index in [1.165, 1.54) is 10.7 Å². The van der Waals surface area contributed by atoms with Gasteiger partial charge in [-0.3, -0.25) is 9.59 Å². The third-order valence-corrected chi connectivity index (χ3v) is 5.02. The van der Waals surface area contributed by atoms with Gasteiger partial charge in [-0.15, -0.1) is 0 Å². The third-order valence-electron chi connectivity index (χ3n) is 5.02. The van der Waals surface area contributed by atoms with Crippen LogP contribution in [0.25, 0.3) is 5.69 Å². The number of carbonyl (C=O) groups excluding carboxylic acids is 2. The predicted octanol–water partition coefficient (Wildman–Crippen LogP) is 2.54. The molecule has 2 amide bonds. The summed E-state index contributed by atoms with van der Waals surface area (Å²) in [5, 5.41) is 7.26. The van der Waals surface area contributed by atoms with E-state index in [1.54, 1.807) is 12.1 Å². The van der Waals surface area contributed by atoms with Crippen molar-refractivity contribution < 1.29 is 14.3 Å². The highest BCUT2D eigenvalue weighted by Crippen LogP contribution is 2.33. The van der Waals surface area contributed by atoms with Crippen LogP contribution in [-0.2, 0) is 4.74 Å². The van der Waals surface area contributed by atoms with Crippen LogP contribution in [-0.4, -0.2) is 40.9 Å². The molecule has 0 spiro atoms. The summed E-state index contributed by atoms with van der Waals surface area (Å²) in [6.45, 7) is 7.72. The molecule has 7 nitrogen and oxygen atoms in total. The van der Waals surface area contributed by atoms with Crippen molar-refractivity contribution in [3.63, 3.8) is 0 Å². The summed E-state index contributed by atoms with van der Waals surface area (Å²) >= 11 is 0. The molecule has 0 radical (unpaired) electrons. The van der Waals surface area contributed by atoms with Crippen LogP contribution < -0.4 is 11.1 Å². The lowest BCUT2D eigenvalue weighted by atomic mass is 9.78. The molecule has 0 saturated carbocycles. The van der Waals surface area contributed by atoms with Gasteiger partial charge in [0.25, 0.3) is 11.8 Å². The molecule has 2 heterocycles. The zero-order valence-electron chi connectivity index (χ0n) is 16.6. The minimum absolute atomic E-state index is 0.00381. The first-order valence-corrected chi connectivity index (χ1v) is 9.62. The maximum Gasteiger partial charge on any atom is 0.271 e. The topological polar surface area (TPSA) is 99.2 Å². The zero-order valence-corrected chi connectivity index (χ0v) is 16.6. The summed E-state index contributed by atoms with van der Waals surface area (Å²) in [4.78, 5) is 24.5. The maximum absolute atomic E-state index is 12.7. The number of ether oxygens (including phenoxy) is 1. The van der Waals surface area contributed by atoms with Crippen LogP contribution in [0.15, 0.2) is 36.4 Å². The van der Waals surface area contributed by atoms with Gasteiger partial charge in [-0.25, -0.2) is 4.68 Å². The number of nitrogens with zero attached hydrogens (tertiary/aromatic N) is 2. The van der Waals surface area contributed by atoms with Crippen LogP contribution in [0.3, 0.4) is 0 Å². The Balaban J connectivity index is 1.75. The Labute approximate surface area is 165 Å². The molecule has 28 heavy (non-hydrogen) atoms. The SMILES string of the molecule is CC(C)(C)C1OCCCC1CNC(=O)c1cc(C(N)=O)n(-c2ccccc2)n1. The molecule has 1 aromatic heterocycles. The quantitative estimate of drug-likeness (QED) is 0.827. The molecule has 1 aromatic carbocycles. The Kier molecular flexibility index (Phi) is 5.84. The molecule has 3 rings (SSSR count). The molecule has 2 unspecified atom stereocenters. The molecule has 150 valence electrons. The van der Waals surface area contributed by atoms with E-state index >= 15 is 0 Å². The van der Waals surface area contributed by atoms with Gasteiger partial charge in [0.1, 0.15) is 5.69 Å². The summed E-state index contributed by atoms with van der Waals surface area (Å²) in [6, 6.07) is 10.6. The number of amides is 2. The smallest absolute Gasteiger partial charge is 0.271 e. The molecule has 0 bridgehead atoms. The number of para-hydroxylation sites is 1. The van der Waals surface area contributed by atoms with Gasteiger partial charge in [0, 0.05) is 25.1 Å². The van der Waals surface area contributed by atoms with Gasteiger partial charge in [-0.1, -0.05) is 39.0 Å². The van der Waals surface area contributed by atoms with E-state index in [0.717, 1.165) is 19.4 Å². The second kappa shape index (κ2) is 8.14. The predicted molar refractivity (Wildman–Crippen MR) is 106 cm³/mol. The van der Waals surface area contributed by atoms with Gasteiger partial charge < -0.3 is 15.8 Å². The Morgan fingerprint density at radius 1 is 1.29 bits per heavy atom. The number of nitrogens with one attached hydrogen (secondary N) is 1. The standard InChI is InChI=1S/C21H28N4O3/c1-21(2,3)18-14(8-7-11-28-18)13-23-20(27)16-12-17(19(22)26)25(24-16)15-9-5-4-6-10-15/h4-6,9-10,12,14,18H,7-8,11,13H2,1-3H3,(H2,22,26)(H,23,27). The van der Waals surface area contributed by atoms with Crippen molar-refractivity contribution in [1.82, 2.24) is 15.1 Å². The molecule has 1 aliphatic heterocycles. The number of primary amides is 1. The third kappa shape index (κ3) is 4.42. The molecule has 1 saturated heterocycles. The fourth-order valence-corrected chi connectivity index (χ4v) is 3.76. The maximum atomic E-state index is 12.7. The van der Waals surface area contributed by atoms with Gasteiger partial charge in [-0.05, 0) is 30.4 Å². The van der Waals surface area contributed by atoms with Gasteiger partial charge in [0.2, 0.25) is 0 Å². The van der Waals surface area contributed by atoms with Crippen molar-refractivity contribution in [2.75, 3.05) is 13.2 Å². The molecule has 7 heteroatoms. The number of aromatic nitrogens is 2. The summed E-state index contributed by atoms with van der Waals surface area (Å²) < 4.78 is 7.38. The van der Waals surface area contributed by atoms with E-state index in [-0.39, 0.29) is 34.7 Å². The normalized spacial score (nSPS) is 20.0. The van der Waals surface area contributed by atoms with Crippen molar-refractivity contribution in [3.8, 4) is 5.69 Å². The summed E-state index contributed by atoms with van der Waals surface area (Å²) in [6.07, 6.45) is 2.08. The lowest BCUT2D eigenvalue weighted by Gasteiger charge is -2.40. The Bertz CT molecular complexity index is 839. The van der Waals surface area contributed by atoms with Gasteiger partial charge >= 0.3 is 0 Å². The van der Waals surface area contributed by atoms with E-state index in [2.05, 4.69) is 31.2 Å². The highest BCUT2D eigenvalue weighted by Gasteiger charge is 2.35. The van der Waals surface area contributed by atoms with Crippen LogP contribution >= 0.6 is 0 Å². The average Bonchev–Trinajstić information content (AvgIpc) is 3.12. The lowest BCUT2D eigenvalue weighted by Crippen LogP contribution is -2.45. The number of benzene rings is 1. The van der Waals surface area contributed by atoms with Crippen LogP contribution in [0.2, 0.25) is 0 Å². The minimum atomic E-state index is -0.635. The Morgan fingerprint density at radius 2 is 2.00 bits per heavy atom. The Morgan fingerprint density at radius 3 is 2.64 bits per heavy atom. The number of nitrogens with two attached hydrogens (primary N) is 1. The Hall–Kier alpha value is -2.67. The van der Waals surface area contributed by atoms with Crippen LogP contribution in [0.4, 0.5) is 0 Å². The number of rotatable bonds is 5. The van der Waals surface area contributed by atoms with Gasteiger partial charge in [0.05, 0.1) is 11.8 Å². The van der Waals surface area contributed by atoms with Gasteiger partial charge in [0.15, 0.2) is 5.69 Å². The molecule has 0 aliphatic carbocycles. The van der Waals surface area contributed by atoms with E-state index in [9.17, 15) is 9.59 Å². The molecular formula is C21H28N4O3. The monoisotopic (exact) mass is 384 g/mol. The number of carbonyl (C=O) groups is 2. The molecule has 2 atom stereocenters. The lowest BCUT2D eigenvalue weighted by molar-refractivity contribution is -0.0839. The van der Waals surface area contributed by atoms with E-state index in [0.29, 0.717) is 12.2 Å². The van der Waals surface area contributed by atoms with E-state index in [1.807, 2.05) is 18.2 Å². The molecule has 3 N–H and O–H groups in total. The van der Waals surface area contributed by atoms with Crippen molar-refractivity contribution in [3.05, 3.63) is 47.8 Å². The second-order valence-corrected chi connectivity index (χ2v) is 8.30. The highest BCUT2D eigenvalue weighted by atomic mass is 16.5. The van der Waals surface area contributed by atoms with E-state index in [4.69, 9.17) is 10.5 Å². The number of hydrogen-bond acceptors (Lipinski definition) is 4. The molecule has 2 aromatic rings.